The molecule has 0 bridgehead atoms. The van der Waals surface area contributed by atoms with Crippen LogP contribution in [0.2, 0.25) is 0 Å². The summed E-state index contributed by atoms with van der Waals surface area (Å²) >= 11 is 0. The molecule has 3 nitrogen and oxygen atoms in total. The second-order valence-corrected chi connectivity index (χ2v) is 4.96. The Morgan fingerprint density at radius 1 is 1.44 bits per heavy atom. The highest BCUT2D eigenvalue weighted by molar-refractivity contribution is 4.82. The molecular formula is C13H28N2O. The van der Waals surface area contributed by atoms with Crippen molar-refractivity contribution in [2.75, 3.05) is 26.2 Å². The van der Waals surface area contributed by atoms with Crippen molar-refractivity contribution in [1.82, 2.24) is 4.90 Å². The fourth-order valence-corrected chi connectivity index (χ4v) is 2.68. The number of hydrogen-bond acceptors (Lipinski definition) is 3. The van der Waals surface area contributed by atoms with Crippen LogP contribution in [0.3, 0.4) is 0 Å². The van der Waals surface area contributed by atoms with Crippen LogP contribution in [0.25, 0.3) is 0 Å². The van der Waals surface area contributed by atoms with Gasteiger partial charge < -0.3 is 10.5 Å². The van der Waals surface area contributed by atoms with E-state index in [-0.39, 0.29) is 0 Å². The van der Waals surface area contributed by atoms with Crippen LogP contribution in [-0.4, -0.2) is 43.3 Å². The monoisotopic (exact) mass is 228 g/mol. The van der Waals surface area contributed by atoms with Gasteiger partial charge in [-0.25, -0.2) is 0 Å². The molecule has 1 aliphatic heterocycles. The SMILES string of the molecule is CCCC(C)C(CN)N1CCOC(CC)C1. The predicted molar refractivity (Wildman–Crippen MR) is 68.5 cm³/mol. The Labute approximate surface area is 100 Å². The van der Waals surface area contributed by atoms with Crippen molar-refractivity contribution >= 4 is 0 Å². The molecule has 16 heavy (non-hydrogen) atoms. The van der Waals surface area contributed by atoms with Gasteiger partial charge in [-0.15, -0.1) is 0 Å². The molecule has 0 aromatic rings. The molecule has 0 aromatic carbocycles. The van der Waals surface area contributed by atoms with E-state index in [0.717, 1.165) is 32.7 Å². The molecule has 0 spiro atoms. The smallest absolute Gasteiger partial charge is 0.0700 e. The van der Waals surface area contributed by atoms with Crippen molar-refractivity contribution in [3.8, 4) is 0 Å². The van der Waals surface area contributed by atoms with Gasteiger partial charge >= 0.3 is 0 Å². The second-order valence-electron chi connectivity index (χ2n) is 4.96. The molecule has 1 saturated heterocycles. The number of rotatable bonds is 6. The Hall–Kier alpha value is -0.120. The summed E-state index contributed by atoms with van der Waals surface area (Å²) in [6.07, 6.45) is 4.04. The lowest BCUT2D eigenvalue weighted by molar-refractivity contribution is -0.0508. The van der Waals surface area contributed by atoms with Crippen LogP contribution in [0.5, 0.6) is 0 Å². The van der Waals surface area contributed by atoms with E-state index in [9.17, 15) is 0 Å². The average Bonchev–Trinajstić information content (AvgIpc) is 2.31. The lowest BCUT2D eigenvalue weighted by Gasteiger charge is -2.40. The van der Waals surface area contributed by atoms with Crippen molar-refractivity contribution in [2.45, 2.75) is 52.2 Å². The van der Waals surface area contributed by atoms with Crippen LogP contribution < -0.4 is 5.73 Å². The maximum Gasteiger partial charge on any atom is 0.0700 e. The predicted octanol–water partition coefficient (Wildman–Crippen LogP) is 1.86. The van der Waals surface area contributed by atoms with Crippen molar-refractivity contribution in [1.29, 1.82) is 0 Å². The summed E-state index contributed by atoms with van der Waals surface area (Å²) in [7, 11) is 0. The van der Waals surface area contributed by atoms with Crippen LogP contribution >= 0.6 is 0 Å². The standard InChI is InChI=1S/C13H28N2O/c1-4-6-11(3)13(9-14)15-7-8-16-12(5-2)10-15/h11-13H,4-10,14H2,1-3H3. The van der Waals surface area contributed by atoms with E-state index in [1.807, 2.05) is 0 Å². The molecule has 0 aromatic heterocycles. The van der Waals surface area contributed by atoms with Crippen molar-refractivity contribution < 1.29 is 4.74 Å². The largest absolute Gasteiger partial charge is 0.376 e. The minimum atomic E-state index is 0.414. The van der Waals surface area contributed by atoms with Gasteiger partial charge in [-0.05, 0) is 18.8 Å². The topological polar surface area (TPSA) is 38.5 Å². The van der Waals surface area contributed by atoms with E-state index in [4.69, 9.17) is 10.5 Å². The lowest BCUT2D eigenvalue weighted by Crippen LogP contribution is -2.52. The molecule has 0 radical (unpaired) electrons. The summed E-state index contributed by atoms with van der Waals surface area (Å²) in [5, 5.41) is 0. The quantitative estimate of drug-likeness (QED) is 0.754. The first-order chi connectivity index (χ1) is 7.72. The molecule has 1 fully saturated rings. The first kappa shape index (κ1) is 13.9. The minimum Gasteiger partial charge on any atom is -0.376 e. The van der Waals surface area contributed by atoms with E-state index in [1.165, 1.54) is 12.8 Å². The van der Waals surface area contributed by atoms with Crippen molar-refractivity contribution in [2.24, 2.45) is 11.7 Å². The fraction of sp³-hybridized carbons (Fsp3) is 1.00. The fourth-order valence-electron chi connectivity index (χ4n) is 2.68. The van der Waals surface area contributed by atoms with Crippen LogP contribution in [0.15, 0.2) is 0 Å². The third-order valence-electron chi connectivity index (χ3n) is 3.74. The molecule has 3 unspecified atom stereocenters. The Balaban J connectivity index is 2.50. The summed E-state index contributed by atoms with van der Waals surface area (Å²) in [6, 6.07) is 0.540. The third kappa shape index (κ3) is 3.72. The molecule has 0 saturated carbocycles. The Morgan fingerprint density at radius 2 is 2.19 bits per heavy atom. The molecule has 1 heterocycles. The molecular weight excluding hydrogens is 200 g/mol. The van der Waals surface area contributed by atoms with Gasteiger partial charge in [0.15, 0.2) is 0 Å². The zero-order valence-electron chi connectivity index (χ0n) is 11.1. The zero-order chi connectivity index (χ0) is 12.0. The number of hydrogen-bond donors (Lipinski definition) is 1. The first-order valence-corrected chi connectivity index (χ1v) is 6.78. The molecule has 0 aliphatic carbocycles. The van der Waals surface area contributed by atoms with Crippen LogP contribution in [0.4, 0.5) is 0 Å². The van der Waals surface area contributed by atoms with E-state index in [2.05, 4.69) is 25.7 Å². The minimum absolute atomic E-state index is 0.414. The Bertz CT molecular complexity index is 187. The highest BCUT2D eigenvalue weighted by atomic mass is 16.5. The van der Waals surface area contributed by atoms with Crippen LogP contribution in [0.1, 0.15) is 40.0 Å². The first-order valence-electron chi connectivity index (χ1n) is 6.78. The van der Waals surface area contributed by atoms with Gasteiger partial charge in [-0.3, -0.25) is 4.90 Å². The zero-order valence-corrected chi connectivity index (χ0v) is 11.1. The third-order valence-corrected chi connectivity index (χ3v) is 3.74. The summed E-state index contributed by atoms with van der Waals surface area (Å²) < 4.78 is 5.71. The second kappa shape index (κ2) is 7.25. The van der Waals surface area contributed by atoms with Crippen molar-refractivity contribution in [3.63, 3.8) is 0 Å². The van der Waals surface area contributed by atoms with Gasteiger partial charge in [0.05, 0.1) is 12.7 Å². The molecule has 1 rings (SSSR count). The number of morpholine rings is 1. The highest BCUT2D eigenvalue weighted by Crippen LogP contribution is 2.19. The van der Waals surface area contributed by atoms with Gasteiger partial charge in [0.2, 0.25) is 0 Å². The molecule has 1 aliphatic rings. The normalized spacial score (nSPS) is 26.6. The van der Waals surface area contributed by atoms with Gasteiger partial charge in [0, 0.05) is 25.7 Å². The molecule has 3 heteroatoms. The maximum absolute atomic E-state index is 5.94. The number of nitrogens with two attached hydrogens (primary N) is 1. The molecule has 3 atom stereocenters. The van der Waals surface area contributed by atoms with Crippen molar-refractivity contribution in [3.05, 3.63) is 0 Å². The van der Waals surface area contributed by atoms with E-state index in [1.54, 1.807) is 0 Å². The van der Waals surface area contributed by atoms with E-state index < -0.39 is 0 Å². The van der Waals surface area contributed by atoms with Gasteiger partial charge in [0.1, 0.15) is 0 Å². The summed E-state index contributed by atoms with van der Waals surface area (Å²) in [5.41, 5.74) is 5.94. The summed E-state index contributed by atoms with van der Waals surface area (Å²) in [5.74, 6) is 0.700. The van der Waals surface area contributed by atoms with E-state index in [0.29, 0.717) is 18.1 Å². The summed E-state index contributed by atoms with van der Waals surface area (Å²) in [6.45, 7) is 10.5. The Kier molecular flexibility index (Phi) is 6.32. The molecule has 96 valence electrons. The average molecular weight is 228 g/mol. The maximum atomic E-state index is 5.94. The van der Waals surface area contributed by atoms with Crippen LogP contribution in [0, 0.1) is 5.92 Å². The lowest BCUT2D eigenvalue weighted by atomic mass is 9.94. The van der Waals surface area contributed by atoms with Crippen LogP contribution in [-0.2, 0) is 4.74 Å². The van der Waals surface area contributed by atoms with Gasteiger partial charge in [0.25, 0.3) is 0 Å². The molecule has 2 N–H and O–H groups in total. The molecule has 0 amide bonds. The summed E-state index contributed by atoms with van der Waals surface area (Å²) in [4.78, 5) is 2.54. The highest BCUT2D eigenvalue weighted by Gasteiger charge is 2.27. The Morgan fingerprint density at radius 3 is 2.75 bits per heavy atom. The van der Waals surface area contributed by atoms with E-state index >= 15 is 0 Å². The number of nitrogens with zero attached hydrogens (tertiary/aromatic N) is 1. The number of ether oxygens (including phenoxy) is 1. The van der Waals surface area contributed by atoms with Gasteiger partial charge in [-0.1, -0.05) is 27.2 Å². The van der Waals surface area contributed by atoms with Gasteiger partial charge in [-0.2, -0.15) is 0 Å².